The molecule has 23 heavy (non-hydrogen) atoms. The number of carbonyl (C=O) groups is 2. The summed E-state index contributed by atoms with van der Waals surface area (Å²) in [7, 11) is 0. The number of anilines is 1. The van der Waals surface area contributed by atoms with E-state index in [0.717, 1.165) is 17.0 Å². The zero-order chi connectivity index (χ0) is 16.0. The van der Waals surface area contributed by atoms with Gasteiger partial charge in [-0.1, -0.05) is 11.6 Å². The van der Waals surface area contributed by atoms with E-state index in [9.17, 15) is 9.59 Å². The van der Waals surface area contributed by atoms with Gasteiger partial charge >= 0.3 is 12.1 Å². The Bertz CT molecular complexity index is 784. The minimum atomic E-state index is -0.775. The molecule has 2 aromatic rings. The Morgan fingerprint density at radius 1 is 1.43 bits per heavy atom. The van der Waals surface area contributed by atoms with Crippen LogP contribution in [0.4, 0.5) is 15.3 Å². The summed E-state index contributed by atoms with van der Waals surface area (Å²) < 4.78 is 6.89. The Hall–Kier alpha value is -2.38. The van der Waals surface area contributed by atoms with Crippen molar-refractivity contribution < 1.29 is 14.3 Å². The van der Waals surface area contributed by atoms with Crippen molar-refractivity contribution in [3.05, 3.63) is 47.5 Å². The van der Waals surface area contributed by atoms with Crippen LogP contribution in [0.5, 0.6) is 0 Å². The molecule has 1 aromatic heterocycles. The third kappa shape index (κ3) is 2.12. The molecular weight excluding hydrogens is 320 g/mol. The Labute approximate surface area is 136 Å². The summed E-state index contributed by atoms with van der Waals surface area (Å²) in [5.74, 6) is 0. The van der Waals surface area contributed by atoms with Crippen LogP contribution in [0, 0.1) is 0 Å². The first kappa shape index (κ1) is 14.2. The van der Waals surface area contributed by atoms with Crippen molar-refractivity contribution in [3.63, 3.8) is 0 Å². The van der Waals surface area contributed by atoms with Gasteiger partial charge in [-0.2, -0.15) is 4.90 Å². The van der Waals surface area contributed by atoms with E-state index in [1.807, 2.05) is 0 Å². The van der Waals surface area contributed by atoms with Crippen molar-refractivity contribution in [2.24, 2.45) is 0 Å². The maximum atomic E-state index is 12.6. The molecule has 1 aromatic carbocycles. The molecule has 1 N–H and O–H groups in total. The van der Waals surface area contributed by atoms with E-state index < -0.39 is 17.7 Å². The van der Waals surface area contributed by atoms with Gasteiger partial charge in [-0.15, -0.1) is 0 Å². The highest BCUT2D eigenvalue weighted by atomic mass is 35.5. The van der Waals surface area contributed by atoms with E-state index in [-0.39, 0.29) is 0 Å². The molecule has 8 heteroatoms. The highest BCUT2D eigenvalue weighted by Gasteiger charge is 2.49. The van der Waals surface area contributed by atoms with E-state index >= 15 is 0 Å². The molecule has 0 saturated carbocycles. The highest BCUT2D eigenvalue weighted by molar-refractivity contribution is 6.31. The summed E-state index contributed by atoms with van der Waals surface area (Å²) >= 11 is 6.12. The van der Waals surface area contributed by atoms with Crippen LogP contribution in [0.2, 0.25) is 5.02 Å². The van der Waals surface area contributed by atoms with E-state index in [4.69, 9.17) is 16.3 Å². The lowest BCUT2D eigenvalue weighted by molar-refractivity contribution is 0.0229. The Balaban J connectivity index is 1.86. The largest absolute Gasteiger partial charge is 0.436 e. The summed E-state index contributed by atoms with van der Waals surface area (Å²) in [6.45, 7) is 1.23. The quantitative estimate of drug-likeness (QED) is 0.801. The molecule has 0 unspecified atom stereocenters. The van der Waals surface area contributed by atoms with Gasteiger partial charge in [0.25, 0.3) is 0 Å². The molecule has 0 radical (unpaired) electrons. The van der Waals surface area contributed by atoms with Crippen LogP contribution in [0.25, 0.3) is 0 Å². The van der Waals surface area contributed by atoms with Crippen molar-refractivity contribution in [2.75, 3.05) is 18.0 Å². The molecule has 7 nitrogen and oxygen atoms in total. The minimum absolute atomic E-state index is 0.494. The molecule has 0 bridgehead atoms. The SMILES string of the molecule is O=C1O[C@]2(CCNC2)c2cc(Cl)ccc2N1C(=O)n1ccnc1. The van der Waals surface area contributed by atoms with Crippen molar-refractivity contribution in [3.8, 4) is 0 Å². The fraction of sp³-hybridized carbons (Fsp3) is 0.267. The first-order valence-corrected chi connectivity index (χ1v) is 7.55. The van der Waals surface area contributed by atoms with E-state index in [0.29, 0.717) is 23.7 Å². The van der Waals surface area contributed by atoms with Crippen LogP contribution in [0.15, 0.2) is 36.9 Å². The van der Waals surface area contributed by atoms with E-state index in [1.54, 1.807) is 18.2 Å². The molecule has 2 aliphatic heterocycles. The molecule has 0 aliphatic carbocycles. The molecule has 1 saturated heterocycles. The fourth-order valence-electron chi connectivity index (χ4n) is 3.09. The second kappa shape index (κ2) is 5.07. The van der Waals surface area contributed by atoms with E-state index in [1.165, 1.54) is 23.3 Å². The molecule has 2 amide bonds. The van der Waals surface area contributed by atoms with Gasteiger partial charge in [0.2, 0.25) is 0 Å². The number of hydrogen-bond acceptors (Lipinski definition) is 5. The van der Waals surface area contributed by atoms with Crippen LogP contribution < -0.4 is 10.2 Å². The number of halogens is 1. The summed E-state index contributed by atoms with van der Waals surface area (Å²) in [6, 6.07) is 4.54. The standard InChI is InChI=1S/C15H13ClN4O3/c16-10-1-2-12-11(7-10)15(3-4-17-8-15)23-14(22)20(12)13(21)19-6-5-18-9-19/h1-2,5-7,9,17H,3-4,8H2/t15-/m0/s1. The molecule has 1 atom stereocenters. The van der Waals surface area contributed by atoms with Gasteiger partial charge in [-0.3, -0.25) is 4.57 Å². The number of nitrogens with zero attached hydrogens (tertiary/aromatic N) is 3. The predicted octanol–water partition coefficient (Wildman–Crippen LogP) is 2.35. The van der Waals surface area contributed by atoms with Gasteiger partial charge in [0, 0.05) is 35.9 Å². The molecule has 2 aliphatic rings. The van der Waals surface area contributed by atoms with Crippen molar-refractivity contribution in [2.45, 2.75) is 12.0 Å². The molecule has 118 valence electrons. The first-order valence-electron chi connectivity index (χ1n) is 7.17. The monoisotopic (exact) mass is 332 g/mol. The van der Waals surface area contributed by atoms with Gasteiger partial charge in [0.05, 0.1) is 5.69 Å². The number of ether oxygens (including phenoxy) is 1. The van der Waals surface area contributed by atoms with Gasteiger partial charge in [-0.25, -0.2) is 14.6 Å². The number of hydrogen-bond donors (Lipinski definition) is 1. The lowest BCUT2D eigenvalue weighted by Crippen LogP contribution is -2.50. The number of nitrogens with one attached hydrogen (secondary N) is 1. The predicted molar refractivity (Wildman–Crippen MR) is 82.6 cm³/mol. The maximum Gasteiger partial charge on any atom is 0.423 e. The van der Waals surface area contributed by atoms with Crippen LogP contribution in [-0.4, -0.2) is 34.8 Å². The van der Waals surface area contributed by atoms with Gasteiger partial charge < -0.3 is 10.1 Å². The average Bonchev–Trinajstić information content (AvgIpc) is 3.20. The number of rotatable bonds is 0. The first-order chi connectivity index (χ1) is 11.1. The van der Waals surface area contributed by atoms with Crippen LogP contribution in [-0.2, 0) is 10.3 Å². The number of amides is 2. The Morgan fingerprint density at radius 2 is 2.30 bits per heavy atom. The number of aromatic nitrogens is 2. The number of benzene rings is 1. The van der Waals surface area contributed by atoms with Crippen LogP contribution in [0.3, 0.4) is 0 Å². The highest BCUT2D eigenvalue weighted by Crippen LogP contribution is 2.44. The lowest BCUT2D eigenvalue weighted by atomic mass is 9.89. The molecule has 1 fully saturated rings. The summed E-state index contributed by atoms with van der Waals surface area (Å²) in [4.78, 5) is 30.0. The van der Waals surface area contributed by atoms with Crippen molar-refractivity contribution in [1.82, 2.24) is 14.9 Å². The van der Waals surface area contributed by atoms with Crippen molar-refractivity contribution in [1.29, 1.82) is 0 Å². The molecule has 3 heterocycles. The maximum absolute atomic E-state index is 12.6. The normalized spacial score (nSPS) is 23.0. The average molecular weight is 333 g/mol. The molecule has 1 spiro atoms. The number of fused-ring (bicyclic) bond motifs is 2. The van der Waals surface area contributed by atoms with E-state index in [2.05, 4.69) is 10.3 Å². The van der Waals surface area contributed by atoms with Crippen LogP contribution >= 0.6 is 11.6 Å². The number of imidazole rings is 1. The Morgan fingerprint density at radius 3 is 3.00 bits per heavy atom. The zero-order valence-electron chi connectivity index (χ0n) is 12.0. The van der Waals surface area contributed by atoms with Crippen molar-refractivity contribution >= 4 is 29.4 Å². The topological polar surface area (TPSA) is 76.5 Å². The molecular formula is C15H13ClN4O3. The fourth-order valence-corrected chi connectivity index (χ4v) is 3.26. The number of carbonyl (C=O) groups excluding carboxylic acids is 2. The van der Waals surface area contributed by atoms with Crippen LogP contribution in [0.1, 0.15) is 12.0 Å². The second-order valence-corrected chi connectivity index (χ2v) is 5.97. The summed E-state index contributed by atoms with van der Waals surface area (Å²) in [6.07, 6.45) is 4.24. The Kier molecular flexibility index (Phi) is 3.14. The molecule has 4 rings (SSSR count). The summed E-state index contributed by atoms with van der Waals surface area (Å²) in [5, 5.41) is 3.73. The van der Waals surface area contributed by atoms with Gasteiger partial charge in [0.15, 0.2) is 5.60 Å². The smallest absolute Gasteiger partial charge is 0.423 e. The van der Waals surface area contributed by atoms with Gasteiger partial charge in [-0.05, 0) is 24.7 Å². The summed E-state index contributed by atoms with van der Waals surface area (Å²) in [5.41, 5.74) is 0.458. The third-order valence-electron chi connectivity index (χ3n) is 4.19. The zero-order valence-corrected chi connectivity index (χ0v) is 12.8. The van der Waals surface area contributed by atoms with Gasteiger partial charge in [0.1, 0.15) is 6.33 Å². The number of imide groups is 1. The third-order valence-corrected chi connectivity index (χ3v) is 4.42. The lowest BCUT2D eigenvalue weighted by Gasteiger charge is -2.39. The second-order valence-electron chi connectivity index (χ2n) is 5.54. The minimum Gasteiger partial charge on any atom is -0.436 e.